The maximum Gasteiger partial charge on any atom is 0.282 e. The molecule has 0 aliphatic heterocycles. The maximum absolute atomic E-state index is 12.2. The highest BCUT2D eigenvalue weighted by Gasteiger charge is 2.14. The molecule has 0 amide bonds. The molecule has 0 spiro atoms. The van der Waals surface area contributed by atoms with Crippen LogP contribution in [0.2, 0.25) is 0 Å². The number of nitro groups is 1. The predicted octanol–water partition coefficient (Wildman–Crippen LogP) is 3.10. The number of aryl methyl sites for hydroxylation is 1. The van der Waals surface area contributed by atoms with Gasteiger partial charge < -0.3 is 0 Å². The molecule has 0 saturated carbocycles. The van der Waals surface area contributed by atoms with Gasteiger partial charge in [0, 0.05) is 12.1 Å². The number of benzene rings is 2. The first-order chi connectivity index (χ1) is 10.3. The van der Waals surface area contributed by atoms with Crippen molar-refractivity contribution in [1.82, 2.24) is 0 Å². The number of rotatable bonds is 4. The van der Waals surface area contributed by atoms with Gasteiger partial charge in [-0.15, -0.1) is 0 Å². The molecule has 0 atom stereocenters. The molecule has 0 aliphatic carbocycles. The van der Waals surface area contributed by atoms with E-state index in [0.717, 1.165) is 5.56 Å². The largest absolute Gasteiger partial charge is 0.282 e. The van der Waals surface area contributed by atoms with E-state index < -0.39 is 14.9 Å². The van der Waals surface area contributed by atoms with Crippen LogP contribution in [0.3, 0.4) is 0 Å². The highest BCUT2D eigenvalue weighted by atomic mass is 32.2. The van der Waals surface area contributed by atoms with E-state index in [-0.39, 0.29) is 16.3 Å². The van der Waals surface area contributed by atoms with E-state index in [1.54, 1.807) is 19.1 Å². The first-order valence-electron chi connectivity index (χ1n) is 6.43. The summed E-state index contributed by atoms with van der Waals surface area (Å²) in [5.41, 5.74) is 1.68. The highest BCUT2D eigenvalue weighted by molar-refractivity contribution is 7.90. The Morgan fingerprint density at radius 1 is 1.05 bits per heavy atom. The third-order valence-electron chi connectivity index (χ3n) is 3.07. The Hall–Kier alpha value is -2.54. The molecule has 0 saturated heterocycles. The van der Waals surface area contributed by atoms with Gasteiger partial charge in [-0.05, 0) is 43.7 Å². The van der Waals surface area contributed by atoms with Gasteiger partial charge in [0.25, 0.3) is 15.7 Å². The van der Waals surface area contributed by atoms with Gasteiger partial charge >= 0.3 is 0 Å². The van der Waals surface area contributed by atoms with Gasteiger partial charge in [0.1, 0.15) is 0 Å². The quantitative estimate of drug-likeness (QED) is 0.492. The molecule has 0 unspecified atom stereocenters. The first kappa shape index (κ1) is 15.8. The summed E-state index contributed by atoms with van der Waals surface area (Å²) >= 11 is 0. The molecule has 0 fully saturated rings. The number of nitro benzene ring substituents is 1. The van der Waals surface area contributed by atoms with Crippen molar-refractivity contribution in [2.45, 2.75) is 18.7 Å². The normalized spacial score (nSPS) is 12.2. The van der Waals surface area contributed by atoms with Crippen LogP contribution in [0.25, 0.3) is 0 Å². The van der Waals surface area contributed by atoms with Crippen LogP contribution in [0, 0.1) is 17.0 Å². The Labute approximate surface area is 128 Å². The Balaban J connectivity index is 2.34. The standard InChI is InChI=1S/C15H14N2O4S/c1-11-3-9-15(10-4-11)22(20,21)16-12(2)13-5-7-14(8-6-13)17(18)19/h3-10H,1-2H3. The molecule has 0 aromatic heterocycles. The molecule has 0 N–H and O–H groups in total. The number of sulfonamides is 1. The monoisotopic (exact) mass is 318 g/mol. The van der Waals surface area contributed by atoms with Crippen molar-refractivity contribution in [3.8, 4) is 0 Å². The maximum atomic E-state index is 12.2. The smallest absolute Gasteiger partial charge is 0.258 e. The molecule has 2 aromatic carbocycles. The van der Waals surface area contributed by atoms with E-state index in [0.29, 0.717) is 5.56 Å². The van der Waals surface area contributed by atoms with Crippen LogP contribution in [0.4, 0.5) is 5.69 Å². The van der Waals surface area contributed by atoms with Crippen LogP contribution in [0.1, 0.15) is 18.1 Å². The van der Waals surface area contributed by atoms with Crippen LogP contribution >= 0.6 is 0 Å². The van der Waals surface area contributed by atoms with E-state index in [9.17, 15) is 18.5 Å². The summed E-state index contributed by atoms with van der Waals surface area (Å²) in [6.07, 6.45) is 0. The molecule has 0 bridgehead atoms. The molecule has 7 heteroatoms. The zero-order valence-electron chi connectivity index (χ0n) is 12.1. The Bertz CT molecular complexity index is 823. The van der Waals surface area contributed by atoms with Gasteiger partial charge in [0.2, 0.25) is 0 Å². The van der Waals surface area contributed by atoms with E-state index in [1.165, 1.54) is 36.4 Å². The Kier molecular flexibility index (Phi) is 4.37. The third-order valence-corrected chi connectivity index (χ3v) is 4.45. The lowest BCUT2D eigenvalue weighted by Crippen LogP contribution is -2.03. The van der Waals surface area contributed by atoms with E-state index >= 15 is 0 Å². The minimum atomic E-state index is -3.80. The highest BCUT2D eigenvalue weighted by Crippen LogP contribution is 2.16. The topological polar surface area (TPSA) is 89.6 Å². The van der Waals surface area contributed by atoms with Crippen LogP contribution in [0.5, 0.6) is 0 Å². The fraction of sp³-hybridized carbons (Fsp3) is 0.133. The molecule has 22 heavy (non-hydrogen) atoms. The SMILES string of the molecule is CC(=NS(=O)(=O)c1ccc(C)cc1)c1ccc([N+](=O)[O-])cc1. The van der Waals surface area contributed by atoms with Crippen LogP contribution in [0.15, 0.2) is 57.8 Å². The molecule has 0 radical (unpaired) electrons. The Morgan fingerprint density at radius 3 is 2.09 bits per heavy atom. The first-order valence-corrected chi connectivity index (χ1v) is 7.87. The second-order valence-corrected chi connectivity index (χ2v) is 6.37. The summed E-state index contributed by atoms with van der Waals surface area (Å²) in [5.74, 6) is 0. The molecule has 114 valence electrons. The lowest BCUT2D eigenvalue weighted by Gasteiger charge is -2.03. The van der Waals surface area contributed by atoms with E-state index in [4.69, 9.17) is 0 Å². The fourth-order valence-electron chi connectivity index (χ4n) is 1.82. The molecule has 0 heterocycles. The number of hydrogen-bond donors (Lipinski definition) is 0. The summed E-state index contributed by atoms with van der Waals surface area (Å²) in [5, 5.41) is 10.6. The van der Waals surface area contributed by atoms with Gasteiger partial charge in [0.05, 0.1) is 15.5 Å². The number of nitrogens with zero attached hydrogens (tertiary/aromatic N) is 2. The summed E-state index contributed by atoms with van der Waals surface area (Å²) in [6.45, 7) is 3.41. The summed E-state index contributed by atoms with van der Waals surface area (Å²) < 4.78 is 28.2. The molecular weight excluding hydrogens is 304 g/mol. The summed E-state index contributed by atoms with van der Waals surface area (Å²) in [7, 11) is -3.80. The average molecular weight is 318 g/mol. The van der Waals surface area contributed by atoms with Gasteiger partial charge in [-0.1, -0.05) is 17.7 Å². The number of non-ortho nitro benzene ring substituents is 1. The lowest BCUT2D eigenvalue weighted by atomic mass is 10.1. The number of hydrogen-bond acceptors (Lipinski definition) is 4. The van der Waals surface area contributed by atoms with Crippen molar-refractivity contribution in [3.63, 3.8) is 0 Å². The average Bonchev–Trinajstić information content (AvgIpc) is 2.47. The minimum absolute atomic E-state index is 0.0575. The summed E-state index contributed by atoms with van der Waals surface area (Å²) in [6, 6.07) is 12.0. The summed E-state index contributed by atoms with van der Waals surface area (Å²) in [4.78, 5) is 10.2. The van der Waals surface area contributed by atoms with Crippen molar-refractivity contribution in [3.05, 3.63) is 69.8 Å². The van der Waals surface area contributed by atoms with Crippen molar-refractivity contribution in [2.24, 2.45) is 4.40 Å². The van der Waals surface area contributed by atoms with Gasteiger partial charge in [-0.3, -0.25) is 10.1 Å². The second-order valence-electron chi connectivity index (χ2n) is 4.77. The predicted molar refractivity (Wildman–Crippen MR) is 83.7 cm³/mol. The zero-order chi connectivity index (χ0) is 16.3. The van der Waals surface area contributed by atoms with Crippen molar-refractivity contribution < 1.29 is 13.3 Å². The third kappa shape index (κ3) is 3.56. The molecule has 2 rings (SSSR count). The van der Waals surface area contributed by atoms with E-state index in [2.05, 4.69) is 4.40 Å². The van der Waals surface area contributed by atoms with Gasteiger partial charge in [-0.25, -0.2) is 0 Å². The molecule has 6 nitrogen and oxygen atoms in total. The lowest BCUT2D eigenvalue weighted by molar-refractivity contribution is -0.384. The minimum Gasteiger partial charge on any atom is -0.258 e. The molecule has 0 aliphatic rings. The van der Waals surface area contributed by atoms with Gasteiger partial charge in [0.15, 0.2) is 0 Å². The molecular formula is C15H14N2O4S. The molecule has 2 aromatic rings. The van der Waals surface area contributed by atoms with Crippen molar-refractivity contribution in [1.29, 1.82) is 0 Å². The van der Waals surface area contributed by atoms with Crippen LogP contribution < -0.4 is 0 Å². The van der Waals surface area contributed by atoms with Crippen molar-refractivity contribution >= 4 is 21.4 Å². The van der Waals surface area contributed by atoms with E-state index in [1.807, 2.05) is 6.92 Å². The fourth-order valence-corrected chi connectivity index (χ4v) is 2.87. The second kappa shape index (κ2) is 6.07. The van der Waals surface area contributed by atoms with Crippen LogP contribution in [-0.4, -0.2) is 19.1 Å². The van der Waals surface area contributed by atoms with Crippen molar-refractivity contribution in [2.75, 3.05) is 0 Å². The van der Waals surface area contributed by atoms with Gasteiger partial charge in [-0.2, -0.15) is 12.8 Å². The zero-order valence-corrected chi connectivity index (χ0v) is 12.9. The van der Waals surface area contributed by atoms with Crippen LogP contribution in [-0.2, 0) is 10.0 Å². The Morgan fingerprint density at radius 2 is 1.59 bits per heavy atom.